The van der Waals surface area contributed by atoms with Crippen molar-refractivity contribution in [2.75, 3.05) is 0 Å². The first-order valence-electron chi connectivity index (χ1n) is 4.36. The number of rotatable bonds is 0. The molecule has 0 saturated heterocycles. The van der Waals surface area contributed by atoms with Crippen LogP contribution in [0.5, 0.6) is 0 Å². The third-order valence-corrected chi connectivity index (χ3v) is 17.2. The van der Waals surface area contributed by atoms with E-state index in [1.165, 1.54) is 0 Å². The third kappa shape index (κ3) is 1.94. The Labute approximate surface area is 99.0 Å². The molecule has 0 atom stereocenters. The van der Waals surface area contributed by atoms with E-state index in [1.807, 2.05) is 0 Å². The van der Waals surface area contributed by atoms with Crippen LogP contribution in [-0.2, 0) is 13.5 Å². The Morgan fingerprint density at radius 3 is 1.77 bits per heavy atom. The predicted molar refractivity (Wildman–Crippen MR) is 59.8 cm³/mol. The van der Waals surface area contributed by atoms with Crippen LogP contribution >= 0.6 is 13.3 Å². The van der Waals surface area contributed by atoms with Gasteiger partial charge in [0.1, 0.15) is 0 Å². The fraction of sp³-hybridized carbons (Fsp3) is 0.600. The van der Waals surface area contributed by atoms with Crippen LogP contribution in [0.25, 0.3) is 0 Å². The second-order valence-corrected chi connectivity index (χ2v) is 21.2. The summed E-state index contributed by atoms with van der Waals surface area (Å²) < 4.78 is 0.500. The van der Waals surface area contributed by atoms with Crippen molar-refractivity contribution in [3.05, 3.63) is 22.3 Å². The Hall–Kier alpha value is 1.19. The average Bonchev–Trinajstić information content (AvgIpc) is 2.23. The Morgan fingerprint density at radius 2 is 1.46 bits per heavy atom. The summed E-state index contributed by atoms with van der Waals surface area (Å²) in [5.74, 6) is 0. The molecule has 13 heavy (non-hydrogen) atoms. The Morgan fingerprint density at radius 1 is 1.08 bits per heavy atom. The van der Waals surface area contributed by atoms with Crippen LogP contribution in [0.1, 0.15) is 34.6 Å². The molecule has 1 rings (SSSR count). The van der Waals surface area contributed by atoms with Crippen LogP contribution in [0, 0.1) is 0 Å². The van der Waals surface area contributed by atoms with Crippen molar-refractivity contribution in [1.82, 2.24) is 0 Å². The van der Waals surface area contributed by atoms with E-state index < -0.39 is 0 Å². The summed E-state index contributed by atoms with van der Waals surface area (Å²) in [5.41, 5.74) is 6.40. The SMILES string of the molecule is CC1=C(C)[C](C)([Ge]#[Mo][Br])C(C)=C1C. The zero-order valence-corrected chi connectivity index (χ0v) is 14.5. The van der Waals surface area contributed by atoms with Crippen molar-refractivity contribution >= 4 is 25.2 Å². The van der Waals surface area contributed by atoms with Gasteiger partial charge in [0.15, 0.2) is 0 Å². The van der Waals surface area contributed by atoms with Crippen LogP contribution in [0.15, 0.2) is 22.3 Å². The molecule has 1 aliphatic rings. The Bertz CT molecular complexity index is 344. The number of halogens is 1. The van der Waals surface area contributed by atoms with E-state index >= 15 is 0 Å². The van der Waals surface area contributed by atoms with Crippen molar-refractivity contribution in [2.24, 2.45) is 0 Å². The third-order valence-electron chi connectivity index (χ3n) is 3.43. The van der Waals surface area contributed by atoms with E-state index in [2.05, 4.69) is 47.9 Å². The first-order valence-corrected chi connectivity index (χ1v) is 16.1. The Balaban J connectivity index is 3.36. The molecule has 0 spiro atoms. The van der Waals surface area contributed by atoms with Gasteiger partial charge in [-0.25, -0.2) is 0 Å². The van der Waals surface area contributed by atoms with Gasteiger partial charge in [-0.3, -0.25) is 0 Å². The predicted octanol–water partition coefficient (Wildman–Crippen LogP) is 3.86. The molecular weight excluding hydrogens is 369 g/mol. The number of allylic oxidation sites excluding steroid dienone is 4. The van der Waals surface area contributed by atoms with Gasteiger partial charge in [-0.15, -0.1) is 0 Å². The molecule has 0 aliphatic heterocycles. The molecule has 0 fully saturated rings. The van der Waals surface area contributed by atoms with Gasteiger partial charge >= 0.3 is 99.8 Å². The second-order valence-electron chi connectivity index (χ2n) is 3.80. The molecule has 0 aromatic carbocycles. The van der Waals surface area contributed by atoms with E-state index in [-0.39, 0.29) is 25.4 Å². The van der Waals surface area contributed by atoms with E-state index in [0.717, 1.165) is 0 Å². The van der Waals surface area contributed by atoms with Crippen LogP contribution in [-0.4, -0.2) is 11.9 Å². The average molecular weight is 384 g/mol. The summed E-state index contributed by atoms with van der Waals surface area (Å²) in [6.07, 6.45) is 0. The van der Waals surface area contributed by atoms with Crippen LogP contribution in [0.2, 0.25) is 4.25 Å². The molecule has 0 radical (unpaired) electrons. The molecule has 0 nitrogen and oxygen atoms in total. The molecule has 0 saturated carbocycles. The monoisotopic (exact) mass is 386 g/mol. The van der Waals surface area contributed by atoms with Gasteiger partial charge in [0.05, 0.1) is 0 Å². The van der Waals surface area contributed by atoms with Crippen LogP contribution in [0.3, 0.4) is 0 Å². The van der Waals surface area contributed by atoms with Gasteiger partial charge in [-0.2, -0.15) is 0 Å². The van der Waals surface area contributed by atoms with Gasteiger partial charge in [0.2, 0.25) is 0 Å². The molecule has 0 bridgehead atoms. The van der Waals surface area contributed by atoms with Gasteiger partial charge in [-0.1, -0.05) is 0 Å². The maximum absolute atomic E-state index is 3.73. The van der Waals surface area contributed by atoms with Gasteiger partial charge < -0.3 is 0 Å². The standard InChI is InChI=1S/C10H15Ge.BrH.Mo/c1-6-7(2)9(4)10(5,11)8(6)3;;/h1-5H3;1H;/q;;+1/p-1. The first-order chi connectivity index (χ1) is 5.95. The van der Waals surface area contributed by atoms with Crippen molar-refractivity contribution in [2.45, 2.75) is 38.9 Å². The van der Waals surface area contributed by atoms with E-state index in [4.69, 9.17) is 0 Å². The van der Waals surface area contributed by atoms with E-state index in [9.17, 15) is 0 Å². The Kier molecular flexibility index (Phi) is 4.12. The molecule has 0 amide bonds. The van der Waals surface area contributed by atoms with Crippen molar-refractivity contribution < 1.29 is 13.5 Å². The van der Waals surface area contributed by atoms with Gasteiger partial charge in [-0.05, 0) is 0 Å². The zero-order valence-electron chi connectivity index (χ0n) is 8.79. The molecule has 0 unspecified atom stereocenters. The van der Waals surface area contributed by atoms with Gasteiger partial charge in [0, 0.05) is 0 Å². The molecule has 0 N–H and O–H groups in total. The minimum absolute atomic E-state index is 0.160. The number of hydrogen-bond acceptors (Lipinski definition) is 0. The fourth-order valence-corrected chi connectivity index (χ4v) is 19.4. The molecule has 0 aromatic rings. The molecule has 0 aromatic heterocycles. The first kappa shape index (κ1) is 12.3. The molecule has 1 aliphatic carbocycles. The zero-order chi connectivity index (χ0) is 10.2. The molecule has 0 heterocycles. The van der Waals surface area contributed by atoms with Gasteiger partial charge in [0.25, 0.3) is 0 Å². The van der Waals surface area contributed by atoms with Crippen molar-refractivity contribution in [3.63, 3.8) is 0 Å². The maximum atomic E-state index is 3.73. The molecular formula is C10H15BrGeMo. The summed E-state index contributed by atoms with van der Waals surface area (Å²) >= 11 is 4.09. The summed E-state index contributed by atoms with van der Waals surface area (Å²) in [6, 6.07) is 0. The van der Waals surface area contributed by atoms with E-state index in [0.29, 0.717) is 4.25 Å². The second kappa shape index (κ2) is 4.37. The molecule has 72 valence electrons. The topological polar surface area (TPSA) is 0 Å². The van der Waals surface area contributed by atoms with E-state index in [1.54, 1.807) is 22.3 Å². The summed E-state index contributed by atoms with van der Waals surface area (Å²) in [6.45, 7) is 11.7. The van der Waals surface area contributed by atoms with Crippen LogP contribution in [0.4, 0.5) is 0 Å². The normalized spacial score (nSPS) is 20.8. The molecule has 3 heteroatoms. The fourth-order valence-electron chi connectivity index (χ4n) is 1.82. The minimum atomic E-state index is 0.160. The van der Waals surface area contributed by atoms with Crippen LogP contribution < -0.4 is 0 Å². The summed E-state index contributed by atoms with van der Waals surface area (Å²) in [5, 5.41) is 0. The summed E-state index contributed by atoms with van der Waals surface area (Å²) in [4.78, 5) is 0. The van der Waals surface area contributed by atoms with Crippen molar-refractivity contribution in [3.8, 4) is 0 Å². The number of hydrogen-bond donors (Lipinski definition) is 0. The van der Waals surface area contributed by atoms with Crippen molar-refractivity contribution in [1.29, 1.82) is 0 Å². The quantitative estimate of drug-likeness (QED) is 0.557. The summed E-state index contributed by atoms with van der Waals surface area (Å²) in [7, 11) is 0.